The molecule has 2 aromatic carbocycles. The van der Waals surface area contributed by atoms with Crippen LogP contribution in [0, 0.1) is 6.92 Å². The highest BCUT2D eigenvalue weighted by atomic mass is 32.1. The Balaban J connectivity index is 2.01. The molecular weight excluding hydrogens is 270 g/mol. The van der Waals surface area contributed by atoms with Crippen molar-refractivity contribution >= 4 is 34.6 Å². The largest absolute Gasteiger partial charge is 0.399 e. The summed E-state index contributed by atoms with van der Waals surface area (Å²) in [6.07, 6.45) is 0. The molecule has 0 bridgehead atoms. The van der Waals surface area contributed by atoms with Crippen LogP contribution in [-0.2, 0) is 0 Å². The molecule has 0 fully saturated rings. The van der Waals surface area contributed by atoms with Crippen molar-refractivity contribution in [2.24, 2.45) is 0 Å². The van der Waals surface area contributed by atoms with Crippen molar-refractivity contribution in [2.75, 3.05) is 11.1 Å². The van der Waals surface area contributed by atoms with Gasteiger partial charge >= 0.3 is 0 Å². The number of nitrogen functional groups attached to an aromatic ring is 1. The third-order valence-corrected chi connectivity index (χ3v) is 2.97. The van der Waals surface area contributed by atoms with Crippen LogP contribution < -0.4 is 16.4 Å². The van der Waals surface area contributed by atoms with Gasteiger partial charge in [0.15, 0.2) is 5.11 Å². The van der Waals surface area contributed by atoms with Gasteiger partial charge in [-0.25, -0.2) is 0 Å². The smallest absolute Gasteiger partial charge is 0.257 e. The molecule has 0 aliphatic carbocycles. The first-order valence-corrected chi connectivity index (χ1v) is 6.50. The first-order valence-electron chi connectivity index (χ1n) is 6.10. The molecule has 0 aliphatic heterocycles. The van der Waals surface area contributed by atoms with E-state index < -0.39 is 0 Å². The molecule has 5 heteroatoms. The minimum absolute atomic E-state index is 0.240. The van der Waals surface area contributed by atoms with Crippen LogP contribution in [0.15, 0.2) is 48.5 Å². The van der Waals surface area contributed by atoms with E-state index >= 15 is 0 Å². The fourth-order valence-corrected chi connectivity index (χ4v) is 1.95. The van der Waals surface area contributed by atoms with Gasteiger partial charge in [-0.1, -0.05) is 18.2 Å². The summed E-state index contributed by atoms with van der Waals surface area (Å²) in [5.41, 5.74) is 8.71. The van der Waals surface area contributed by atoms with E-state index in [0.29, 0.717) is 11.3 Å². The zero-order valence-electron chi connectivity index (χ0n) is 11.0. The normalized spacial score (nSPS) is 9.85. The van der Waals surface area contributed by atoms with Crippen LogP contribution in [0.4, 0.5) is 11.4 Å². The van der Waals surface area contributed by atoms with Gasteiger partial charge in [-0.15, -0.1) is 0 Å². The highest BCUT2D eigenvalue weighted by Crippen LogP contribution is 2.17. The molecule has 1 amide bonds. The van der Waals surface area contributed by atoms with Crippen LogP contribution >= 0.6 is 12.2 Å². The molecule has 2 aromatic rings. The Kier molecular flexibility index (Phi) is 4.32. The van der Waals surface area contributed by atoms with E-state index in [1.807, 2.05) is 25.1 Å². The van der Waals surface area contributed by atoms with Crippen molar-refractivity contribution in [3.05, 3.63) is 59.7 Å². The molecule has 0 saturated heterocycles. The Morgan fingerprint density at radius 2 is 1.85 bits per heavy atom. The van der Waals surface area contributed by atoms with Gasteiger partial charge in [-0.2, -0.15) is 0 Å². The lowest BCUT2D eigenvalue weighted by atomic mass is 10.2. The number of rotatable bonds is 2. The highest BCUT2D eigenvalue weighted by Gasteiger charge is 2.08. The second-order valence-corrected chi connectivity index (χ2v) is 4.76. The number of carbonyl (C=O) groups excluding carboxylic acids is 1. The topological polar surface area (TPSA) is 67.2 Å². The van der Waals surface area contributed by atoms with E-state index in [2.05, 4.69) is 10.6 Å². The first-order chi connectivity index (χ1) is 9.56. The minimum atomic E-state index is -0.240. The van der Waals surface area contributed by atoms with E-state index in [-0.39, 0.29) is 11.0 Å². The lowest BCUT2D eigenvalue weighted by Crippen LogP contribution is -2.34. The molecule has 4 nitrogen and oxygen atoms in total. The van der Waals surface area contributed by atoms with Crippen molar-refractivity contribution in [3.8, 4) is 0 Å². The predicted octanol–water partition coefficient (Wildman–Crippen LogP) is 2.70. The SMILES string of the molecule is Cc1cc(N)ccc1NC(=S)NC(=O)c1ccccc1. The van der Waals surface area contributed by atoms with Crippen LogP contribution in [0.25, 0.3) is 0 Å². The zero-order chi connectivity index (χ0) is 14.5. The number of aryl methyl sites for hydroxylation is 1. The molecular formula is C15H15N3OS. The molecule has 102 valence electrons. The van der Waals surface area contributed by atoms with E-state index in [1.165, 1.54) is 0 Å². The van der Waals surface area contributed by atoms with E-state index in [9.17, 15) is 4.79 Å². The number of hydrogen-bond donors (Lipinski definition) is 3. The maximum atomic E-state index is 11.9. The van der Waals surface area contributed by atoms with Gasteiger partial charge in [0.25, 0.3) is 5.91 Å². The number of benzene rings is 2. The van der Waals surface area contributed by atoms with Gasteiger partial charge in [0, 0.05) is 16.9 Å². The lowest BCUT2D eigenvalue weighted by molar-refractivity contribution is 0.0977. The summed E-state index contributed by atoms with van der Waals surface area (Å²) in [6.45, 7) is 1.92. The standard InChI is InChI=1S/C15H15N3OS/c1-10-9-12(16)7-8-13(10)17-15(20)18-14(19)11-5-3-2-4-6-11/h2-9H,16H2,1H3,(H2,17,18,19,20). The number of hydrogen-bond acceptors (Lipinski definition) is 3. The molecule has 0 spiro atoms. The summed E-state index contributed by atoms with van der Waals surface area (Å²) in [4.78, 5) is 11.9. The average Bonchev–Trinajstić information content (AvgIpc) is 2.43. The number of anilines is 2. The van der Waals surface area contributed by atoms with Crippen molar-refractivity contribution in [2.45, 2.75) is 6.92 Å². The molecule has 0 aliphatic rings. The molecule has 0 atom stereocenters. The Morgan fingerprint density at radius 1 is 1.15 bits per heavy atom. The van der Waals surface area contributed by atoms with Gasteiger partial charge in [-0.05, 0) is 55.0 Å². The second-order valence-electron chi connectivity index (χ2n) is 4.35. The number of nitrogens with one attached hydrogen (secondary N) is 2. The summed E-state index contributed by atoms with van der Waals surface area (Å²) in [5, 5.41) is 5.87. The quantitative estimate of drug-likeness (QED) is 0.586. The van der Waals surface area contributed by atoms with Gasteiger partial charge in [0.2, 0.25) is 0 Å². The van der Waals surface area contributed by atoms with Gasteiger partial charge in [0.05, 0.1) is 0 Å². The molecule has 0 heterocycles. The maximum Gasteiger partial charge on any atom is 0.257 e. The van der Waals surface area contributed by atoms with Gasteiger partial charge in [-0.3, -0.25) is 10.1 Å². The first kappa shape index (κ1) is 14.0. The monoisotopic (exact) mass is 285 g/mol. The molecule has 0 unspecified atom stereocenters. The van der Waals surface area contributed by atoms with Crippen molar-refractivity contribution in [1.29, 1.82) is 0 Å². The van der Waals surface area contributed by atoms with Crippen LogP contribution in [0.1, 0.15) is 15.9 Å². The van der Waals surface area contributed by atoms with Gasteiger partial charge < -0.3 is 11.1 Å². The maximum absolute atomic E-state index is 11.9. The van der Waals surface area contributed by atoms with Crippen molar-refractivity contribution in [3.63, 3.8) is 0 Å². The van der Waals surface area contributed by atoms with E-state index in [1.54, 1.807) is 30.3 Å². The fraction of sp³-hybridized carbons (Fsp3) is 0.0667. The summed E-state index contributed by atoms with van der Waals surface area (Å²) >= 11 is 5.13. The number of amides is 1. The molecule has 4 N–H and O–H groups in total. The van der Waals surface area contributed by atoms with Crippen LogP contribution in [-0.4, -0.2) is 11.0 Å². The number of nitrogens with two attached hydrogens (primary N) is 1. The molecule has 0 aromatic heterocycles. The summed E-state index contributed by atoms with van der Waals surface area (Å²) in [5.74, 6) is -0.240. The highest BCUT2D eigenvalue weighted by molar-refractivity contribution is 7.80. The summed E-state index contributed by atoms with van der Waals surface area (Å²) in [7, 11) is 0. The van der Waals surface area contributed by atoms with Crippen LogP contribution in [0.5, 0.6) is 0 Å². The summed E-state index contributed by atoms with van der Waals surface area (Å²) in [6, 6.07) is 14.3. The number of thiocarbonyl (C=S) groups is 1. The van der Waals surface area contributed by atoms with Crippen molar-refractivity contribution < 1.29 is 4.79 Å². The molecule has 2 rings (SSSR count). The average molecular weight is 285 g/mol. The second kappa shape index (κ2) is 6.16. The molecule has 20 heavy (non-hydrogen) atoms. The van der Waals surface area contributed by atoms with E-state index in [4.69, 9.17) is 18.0 Å². The van der Waals surface area contributed by atoms with Crippen LogP contribution in [0.3, 0.4) is 0 Å². The van der Waals surface area contributed by atoms with E-state index in [0.717, 1.165) is 11.3 Å². The minimum Gasteiger partial charge on any atom is -0.399 e. The predicted molar refractivity (Wildman–Crippen MR) is 85.7 cm³/mol. The zero-order valence-corrected chi connectivity index (χ0v) is 11.8. The third-order valence-electron chi connectivity index (χ3n) is 2.76. The third kappa shape index (κ3) is 3.55. The van der Waals surface area contributed by atoms with Gasteiger partial charge in [0.1, 0.15) is 0 Å². The lowest BCUT2D eigenvalue weighted by Gasteiger charge is -2.12. The Morgan fingerprint density at radius 3 is 2.50 bits per heavy atom. The fourth-order valence-electron chi connectivity index (χ4n) is 1.75. The molecule has 0 saturated carbocycles. The summed E-state index contributed by atoms with van der Waals surface area (Å²) < 4.78 is 0. The molecule has 0 radical (unpaired) electrons. The Hall–Kier alpha value is -2.40. The van der Waals surface area contributed by atoms with Crippen LogP contribution in [0.2, 0.25) is 0 Å². The Labute approximate surface area is 123 Å². The number of carbonyl (C=O) groups is 1. The van der Waals surface area contributed by atoms with Crippen molar-refractivity contribution in [1.82, 2.24) is 5.32 Å². The Bertz CT molecular complexity index is 641.